The number of urea groups is 1. The van der Waals surface area contributed by atoms with Gasteiger partial charge in [0.05, 0.1) is 18.2 Å². The summed E-state index contributed by atoms with van der Waals surface area (Å²) < 4.78 is 5.88. The van der Waals surface area contributed by atoms with Crippen LogP contribution < -0.4 is 10.1 Å². The first-order valence-electron chi connectivity index (χ1n) is 8.75. The fraction of sp³-hybridized carbons (Fsp3) is 0.579. The number of likely N-dealkylation sites (tertiary alicyclic amines) is 1. The molecule has 1 fully saturated rings. The van der Waals surface area contributed by atoms with Gasteiger partial charge < -0.3 is 15.0 Å². The number of piperidine rings is 1. The van der Waals surface area contributed by atoms with Gasteiger partial charge in [0.2, 0.25) is 0 Å². The zero-order valence-corrected chi connectivity index (χ0v) is 14.8. The molecule has 0 saturated carbocycles. The first-order valence-corrected chi connectivity index (χ1v) is 8.75. The van der Waals surface area contributed by atoms with Crippen LogP contribution in [0.2, 0.25) is 0 Å². The van der Waals surface area contributed by atoms with Gasteiger partial charge in [-0.15, -0.1) is 0 Å². The number of nitriles is 1. The van der Waals surface area contributed by atoms with Crippen molar-refractivity contribution in [2.75, 3.05) is 13.1 Å². The fourth-order valence-corrected chi connectivity index (χ4v) is 2.98. The number of hydrogen-bond donors (Lipinski definition) is 1. The first-order chi connectivity index (χ1) is 11.5. The van der Waals surface area contributed by atoms with Crippen molar-refractivity contribution in [3.63, 3.8) is 0 Å². The summed E-state index contributed by atoms with van der Waals surface area (Å²) >= 11 is 0. The summed E-state index contributed by atoms with van der Waals surface area (Å²) in [6, 6.07) is 10.0. The molecule has 5 nitrogen and oxygen atoms in total. The normalized spacial score (nSPS) is 16.5. The molecule has 130 valence electrons. The van der Waals surface area contributed by atoms with Crippen molar-refractivity contribution in [2.45, 2.75) is 52.2 Å². The molecule has 1 aromatic rings. The lowest BCUT2D eigenvalue weighted by Crippen LogP contribution is -2.45. The molecule has 1 aromatic carbocycles. The Kier molecular flexibility index (Phi) is 6.48. The number of rotatable bonds is 5. The molecule has 0 bridgehead atoms. The SMILES string of the molecule is CCC(NC(=O)N1CCC(C#N)CC1)c1ccccc1OC(C)C. The molecule has 1 aliphatic rings. The van der Waals surface area contributed by atoms with Crippen molar-refractivity contribution in [2.24, 2.45) is 5.92 Å². The molecule has 1 atom stereocenters. The second-order valence-corrected chi connectivity index (χ2v) is 6.51. The highest BCUT2D eigenvalue weighted by Gasteiger charge is 2.25. The van der Waals surface area contributed by atoms with Gasteiger partial charge in [-0.05, 0) is 39.2 Å². The molecule has 24 heavy (non-hydrogen) atoms. The monoisotopic (exact) mass is 329 g/mol. The maximum atomic E-state index is 12.6. The van der Waals surface area contributed by atoms with Crippen LogP contribution in [0.25, 0.3) is 0 Å². The van der Waals surface area contributed by atoms with Crippen LogP contribution in [-0.4, -0.2) is 30.1 Å². The third-order valence-corrected chi connectivity index (χ3v) is 4.33. The van der Waals surface area contributed by atoms with Gasteiger partial charge in [0, 0.05) is 24.6 Å². The second-order valence-electron chi connectivity index (χ2n) is 6.51. The Bertz CT molecular complexity index is 587. The third kappa shape index (κ3) is 4.64. The van der Waals surface area contributed by atoms with Crippen LogP contribution in [0.3, 0.4) is 0 Å². The van der Waals surface area contributed by atoms with Gasteiger partial charge in [0.15, 0.2) is 0 Å². The van der Waals surface area contributed by atoms with Gasteiger partial charge in [0.25, 0.3) is 0 Å². The molecule has 0 aromatic heterocycles. The Morgan fingerprint density at radius 1 is 1.38 bits per heavy atom. The van der Waals surface area contributed by atoms with Crippen molar-refractivity contribution < 1.29 is 9.53 Å². The zero-order chi connectivity index (χ0) is 17.5. The Balaban J connectivity index is 2.04. The van der Waals surface area contributed by atoms with Gasteiger partial charge in [-0.2, -0.15) is 5.26 Å². The van der Waals surface area contributed by atoms with Crippen LogP contribution in [-0.2, 0) is 0 Å². The molecule has 1 heterocycles. The standard InChI is InChI=1S/C19H27N3O2/c1-4-17(16-7-5-6-8-18(16)24-14(2)3)21-19(23)22-11-9-15(13-20)10-12-22/h5-8,14-15,17H,4,9-12H2,1-3H3,(H,21,23). The van der Waals surface area contributed by atoms with Crippen LogP contribution >= 0.6 is 0 Å². The third-order valence-electron chi connectivity index (χ3n) is 4.33. The van der Waals surface area contributed by atoms with Crippen molar-refractivity contribution in [3.8, 4) is 11.8 Å². The lowest BCUT2D eigenvalue weighted by atomic mass is 9.99. The zero-order valence-electron chi connectivity index (χ0n) is 14.8. The number of amides is 2. The van der Waals surface area contributed by atoms with Crippen LogP contribution in [0.1, 0.15) is 51.6 Å². The quantitative estimate of drug-likeness (QED) is 0.892. The summed E-state index contributed by atoms with van der Waals surface area (Å²) in [5.41, 5.74) is 1.01. The summed E-state index contributed by atoms with van der Waals surface area (Å²) in [6.45, 7) is 7.33. The van der Waals surface area contributed by atoms with Gasteiger partial charge >= 0.3 is 6.03 Å². The van der Waals surface area contributed by atoms with E-state index in [1.54, 1.807) is 0 Å². The molecule has 1 N–H and O–H groups in total. The Morgan fingerprint density at radius 2 is 2.04 bits per heavy atom. The summed E-state index contributed by atoms with van der Waals surface area (Å²) in [6.07, 6.45) is 2.39. The number of benzene rings is 1. The topological polar surface area (TPSA) is 65.4 Å². The van der Waals surface area contributed by atoms with Gasteiger partial charge in [-0.3, -0.25) is 0 Å². The van der Waals surface area contributed by atoms with Crippen LogP contribution in [0, 0.1) is 17.2 Å². The lowest BCUT2D eigenvalue weighted by molar-refractivity contribution is 0.174. The Labute approximate surface area is 144 Å². The molecule has 2 rings (SSSR count). The van der Waals surface area contributed by atoms with Crippen molar-refractivity contribution >= 4 is 6.03 Å². The largest absolute Gasteiger partial charge is 0.491 e. The summed E-state index contributed by atoms with van der Waals surface area (Å²) in [5.74, 6) is 0.902. The molecule has 0 spiro atoms. The summed E-state index contributed by atoms with van der Waals surface area (Å²) in [7, 11) is 0. The maximum absolute atomic E-state index is 12.6. The molecule has 0 aliphatic carbocycles. The highest BCUT2D eigenvalue weighted by Crippen LogP contribution is 2.28. The van der Waals surface area contributed by atoms with Crippen LogP contribution in [0.4, 0.5) is 4.79 Å². The van der Waals surface area contributed by atoms with Gasteiger partial charge in [-0.25, -0.2) is 4.79 Å². The van der Waals surface area contributed by atoms with E-state index in [0.717, 1.165) is 30.6 Å². The average Bonchev–Trinajstić information content (AvgIpc) is 2.59. The summed E-state index contributed by atoms with van der Waals surface area (Å²) in [4.78, 5) is 14.4. The maximum Gasteiger partial charge on any atom is 0.317 e. The van der Waals surface area contributed by atoms with E-state index in [0.29, 0.717) is 13.1 Å². The van der Waals surface area contributed by atoms with E-state index in [1.807, 2.05) is 43.0 Å². The minimum absolute atomic E-state index is 0.0578. The van der Waals surface area contributed by atoms with E-state index in [-0.39, 0.29) is 24.1 Å². The van der Waals surface area contributed by atoms with E-state index < -0.39 is 0 Å². The highest BCUT2D eigenvalue weighted by atomic mass is 16.5. The molecule has 0 radical (unpaired) electrons. The lowest BCUT2D eigenvalue weighted by Gasteiger charge is -2.31. The number of para-hydroxylation sites is 1. The molecule has 1 aliphatic heterocycles. The summed E-state index contributed by atoms with van der Waals surface area (Å²) in [5, 5.41) is 12.1. The van der Waals surface area contributed by atoms with Crippen molar-refractivity contribution in [1.29, 1.82) is 5.26 Å². The first kappa shape index (κ1) is 18.1. The van der Waals surface area contributed by atoms with Crippen molar-refractivity contribution in [1.82, 2.24) is 10.2 Å². The smallest absolute Gasteiger partial charge is 0.317 e. The molecule has 1 saturated heterocycles. The Morgan fingerprint density at radius 3 is 2.62 bits per heavy atom. The molecule has 1 unspecified atom stereocenters. The average molecular weight is 329 g/mol. The number of hydrogen-bond acceptors (Lipinski definition) is 3. The van der Waals surface area contributed by atoms with Crippen molar-refractivity contribution in [3.05, 3.63) is 29.8 Å². The van der Waals surface area contributed by atoms with Crippen LogP contribution in [0.15, 0.2) is 24.3 Å². The van der Waals surface area contributed by atoms with E-state index in [9.17, 15) is 4.79 Å². The number of nitrogens with one attached hydrogen (secondary N) is 1. The minimum Gasteiger partial charge on any atom is -0.491 e. The number of ether oxygens (including phenoxy) is 1. The predicted octanol–water partition coefficient (Wildman–Crippen LogP) is 3.87. The van der Waals surface area contributed by atoms with E-state index in [4.69, 9.17) is 10.00 Å². The van der Waals surface area contributed by atoms with E-state index in [1.165, 1.54) is 0 Å². The highest BCUT2D eigenvalue weighted by molar-refractivity contribution is 5.75. The molecule has 2 amide bonds. The molecule has 5 heteroatoms. The molecular weight excluding hydrogens is 302 g/mol. The van der Waals surface area contributed by atoms with Gasteiger partial charge in [-0.1, -0.05) is 25.1 Å². The predicted molar refractivity (Wildman–Crippen MR) is 93.7 cm³/mol. The van der Waals surface area contributed by atoms with Gasteiger partial charge in [0.1, 0.15) is 5.75 Å². The van der Waals surface area contributed by atoms with E-state index >= 15 is 0 Å². The second kappa shape index (κ2) is 8.58. The number of carbonyl (C=O) groups is 1. The number of carbonyl (C=O) groups excluding carboxylic acids is 1. The fourth-order valence-electron chi connectivity index (χ4n) is 2.98. The Hall–Kier alpha value is -2.22. The van der Waals surface area contributed by atoms with Crippen LogP contribution in [0.5, 0.6) is 5.75 Å². The minimum atomic E-state index is -0.0823. The molecular formula is C19H27N3O2. The number of nitrogens with zero attached hydrogens (tertiary/aromatic N) is 2. The van der Waals surface area contributed by atoms with E-state index in [2.05, 4.69) is 18.3 Å².